The molecule has 0 saturated heterocycles. The molecule has 0 spiro atoms. The Kier molecular flexibility index (Phi) is 3.92. The maximum absolute atomic E-state index is 7.76. The van der Waals surface area contributed by atoms with E-state index in [1.165, 1.54) is 12.8 Å². The van der Waals surface area contributed by atoms with E-state index in [4.69, 9.17) is 6.59 Å². The molecule has 0 amide bonds. The van der Waals surface area contributed by atoms with Crippen LogP contribution in [0.25, 0.3) is 0 Å². The molecule has 0 aromatic carbocycles. The monoisotopic (exact) mass is 223 g/mol. The topological polar surface area (TPSA) is 9.23 Å². The van der Waals surface area contributed by atoms with Crippen LogP contribution in [0, 0.1) is 17.8 Å². The smallest absolute Gasteiger partial charge is 0.136 e. The molecule has 1 saturated carbocycles. The van der Waals surface area contributed by atoms with E-state index in [0.29, 0.717) is 11.8 Å². The highest BCUT2D eigenvalue weighted by molar-refractivity contribution is 8.14. The van der Waals surface area contributed by atoms with Crippen molar-refractivity contribution in [1.29, 1.82) is 2.40 Å². The molecule has 2 unspecified atom stereocenters. The highest BCUT2D eigenvalue weighted by Gasteiger charge is 2.37. The second-order valence-corrected chi connectivity index (χ2v) is 6.58. The van der Waals surface area contributed by atoms with E-state index in [9.17, 15) is 0 Å². The van der Waals surface area contributed by atoms with Crippen LogP contribution < -0.4 is 0 Å². The van der Waals surface area contributed by atoms with Crippen LogP contribution in [-0.4, -0.2) is 16.1 Å². The number of thiol groups is 1. The van der Waals surface area contributed by atoms with Crippen molar-refractivity contribution in [2.45, 2.75) is 39.7 Å². The van der Waals surface area contributed by atoms with Crippen molar-refractivity contribution in [1.82, 2.24) is 0 Å². The molecule has 0 radical (unpaired) electrons. The van der Waals surface area contributed by atoms with Crippen molar-refractivity contribution in [3.8, 4) is 0 Å². The summed E-state index contributed by atoms with van der Waals surface area (Å²) in [5.74, 6) is 1.87. The fourth-order valence-electron chi connectivity index (χ4n) is 2.44. The van der Waals surface area contributed by atoms with Crippen molar-refractivity contribution < 1.29 is 4.18 Å². The van der Waals surface area contributed by atoms with Crippen molar-refractivity contribution in [2.75, 3.05) is 0 Å². The molecule has 4 heteroatoms. The molecule has 0 aromatic rings. The molecule has 78 valence electrons. The molecule has 1 rings (SSSR count). The molecule has 0 aromatic heterocycles. The lowest BCUT2D eigenvalue weighted by atomic mass is 9.95. The number of hydrogen-bond acceptors (Lipinski definition) is 1. The third-order valence-electron chi connectivity index (χ3n) is 3.26. The summed E-state index contributed by atoms with van der Waals surface area (Å²) in [7, 11) is 0.488. The molecule has 0 heterocycles. The molecule has 0 aliphatic heterocycles. The summed E-state index contributed by atoms with van der Waals surface area (Å²) in [6.45, 7) is 6.70. The van der Waals surface area contributed by atoms with Gasteiger partial charge in [0, 0.05) is 0 Å². The van der Waals surface area contributed by atoms with Crippen LogP contribution in [0.4, 0.5) is 0 Å². The summed E-state index contributed by atoms with van der Waals surface area (Å²) in [5.41, 5.74) is 0. The van der Waals surface area contributed by atoms with Gasteiger partial charge in [-0.2, -0.15) is 0 Å². The Balaban J connectivity index is 2.66. The maximum atomic E-state index is 7.76. The van der Waals surface area contributed by atoms with Gasteiger partial charge in [0.05, 0.1) is 7.38 Å². The Morgan fingerprint density at radius 2 is 2.54 bits per heavy atom. The van der Waals surface area contributed by atoms with Gasteiger partial charge in [-0.1, -0.05) is 38.3 Å². The quantitative estimate of drug-likeness (QED) is 0.435. The Morgan fingerprint density at radius 3 is 3.00 bits per heavy atom. The van der Waals surface area contributed by atoms with E-state index in [1.807, 2.05) is 7.57 Å². The minimum Gasteiger partial charge on any atom is -0.323 e. The molecule has 0 bridgehead atoms. The molecule has 13 heavy (non-hydrogen) atoms. The number of rotatable bonds is 3. The highest BCUT2D eigenvalue weighted by Crippen LogP contribution is 2.39. The number of hydrogen-bond donors (Lipinski definition) is 1. The van der Waals surface area contributed by atoms with E-state index in [-0.39, 0.29) is 6.10 Å². The average Bonchev–Trinajstić information content (AvgIpc) is 2.44. The van der Waals surface area contributed by atoms with Crippen LogP contribution >= 0.6 is 7.18 Å². The summed E-state index contributed by atoms with van der Waals surface area (Å²) < 4.78 is 21.1. The first-order chi connectivity index (χ1) is 6.97. The third-order valence-corrected chi connectivity index (χ3v) is 4.54. The van der Waals surface area contributed by atoms with E-state index in [2.05, 4.69) is 20.8 Å². The van der Waals surface area contributed by atoms with Gasteiger partial charge >= 0.3 is 0 Å². The molecule has 0 N–H and O–H groups in total. The third kappa shape index (κ3) is 2.87. The van der Waals surface area contributed by atoms with Gasteiger partial charge < -0.3 is 4.18 Å². The van der Waals surface area contributed by atoms with Gasteiger partial charge in [-0.05, 0) is 24.2 Å². The van der Waals surface area contributed by atoms with Gasteiger partial charge in [-0.25, -0.2) is 0 Å². The van der Waals surface area contributed by atoms with Gasteiger partial charge in [-0.3, -0.25) is 0 Å². The minimum absolute atomic E-state index is 0.223. The predicted molar refractivity (Wildman–Crippen MR) is 68.6 cm³/mol. The van der Waals surface area contributed by atoms with Crippen LogP contribution in [0.15, 0.2) is 0 Å². The largest absolute Gasteiger partial charge is 0.323 e. The first kappa shape index (κ1) is 9.06. The molecular formula is C9H22BOPS. The molecule has 6 atom stereocenters. The zero-order valence-corrected chi connectivity index (χ0v) is 10.9. The lowest BCUT2D eigenvalue weighted by Crippen LogP contribution is -2.21. The molecular weight excluding hydrogens is 198 g/mol. The van der Waals surface area contributed by atoms with Gasteiger partial charge in [0.1, 0.15) is 8.69 Å². The molecule has 1 nitrogen and oxygen atoms in total. The summed E-state index contributed by atoms with van der Waals surface area (Å²) in [6, 6.07) is 0. The highest BCUT2D eigenvalue weighted by atomic mass is 32.5. The van der Waals surface area contributed by atoms with E-state index in [1.54, 1.807) is 0 Å². The van der Waals surface area contributed by atoms with E-state index >= 15 is 0 Å². The van der Waals surface area contributed by atoms with Gasteiger partial charge in [0.25, 0.3) is 0 Å². The second kappa shape index (κ2) is 5.63. The predicted octanol–water partition coefficient (Wildman–Crippen LogP) is 1.68. The average molecular weight is 223 g/mol. The van der Waals surface area contributed by atoms with E-state index in [0.717, 1.165) is 5.92 Å². The van der Waals surface area contributed by atoms with Gasteiger partial charge in [0.15, 0.2) is 0 Å². The standard InChI is InChI=1S/C9H22BOPS/c1-4-8-5-6(2)9(7(8)3)11-13-12-10/h6-9,13H,4-5,10,12H2,1-3H3/t6-,7-,8+,9+/m1/s1/i12T,13D. The SMILES string of the molecule is [2H]/S(O[C@@H]1[C@H](C)[C@@H](CC)C[C@H]1C)=[PH](/[3H])B. The Hall–Kier alpha value is 0.805. The molecule has 1 fully saturated rings. The Bertz CT molecular complexity index is 260. The van der Waals surface area contributed by atoms with Gasteiger partial charge in [0.2, 0.25) is 0 Å². The first-order valence-corrected chi connectivity index (χ1v) is 8.16. The van der Waals surface area contributed by atoms with Crippen LogP contribution in [0.5, 0.6) is 0 Å². The van der Waals surface area contributed by atoms with E-state index < -0.39 is 18.3 Å². The minimum atomic E-state index is -1.35. The zero-order valence-electron chi connectivity index (χ0n) is 11.0. The van der Waals surface area contributed by atoms with Gasteiger partial charge in [-0.15, -0.1) is 7.18 Å². The fourth-order valence-corrected chi connectivity index (χ4v) is 3.63. The summed E-state index contributed by atoms with van der Waals surface area (Å²) in [4.78, 5) is 0. The first-order valence-electron chi connectivity index (χ1n) is 6.10. The van der Waals surface area contributed by atoms with Crippen molar-refractivity contribution in [2.24, 2.45) is 17.8 Å². The van der Waals surface area contributed by atoms with Crippen molar-refractivity contribution in [3.63, 3.8) is 0 Å². The van der Waals surface area contributed by atoms with Crippen LogP contribution in [-0.2, 0) is 15.3 Å². The van der Waals surface area contributed by atoms with Crippen molar-refractivity contribution in [3.05, 3.63) is 0 Å². The normalized spacial score (nSPS) is 46.7. The lowest BCUT2D eigenvalue weighted by molar-refractivity contribution is 0.151. The van der Waals surface area contributed by atoms with Crippen LogP contribution in [0.2, 0.25) is 0 Å². The second-order valence-electron chi connectivity index (χ2n) is 4.09. The van der Waals surface area contributed by atoms with Crippen LogP contribution in [0.3, 0.4) is 0 Å². The molecule has 1 aliphatic rings. The zero-order chi connectivity index (χ0) is 11.6. The Morgan fingerprint density at radius 1 is 1.85 bits per heavy atom. The lowest BCUT2D eigenvalue weighted by Gasteiger charge is -2.20. The summed E-state index contributed by atoms with van der Waals surface area (Å²) in [5, 5.41) is 0. The maximum Gasteiger partial charge on any atom is 0.136 e. The van der Waals surface area contributed by atoms with Crippen molar-refractivity contribution >= 4 is 25.9 Å². The van der Waals surface area contributed by atoms with Crippen LogP contribution in [0.1, 0.15) is 33.6 Å². The summed E-state index contributed by atoms with van der Waals surface area (Å²) >= 11 is -0.851. The fraction of sp³-hybridized carbons (Fsp3) is 1.00. The molecule has 1 aliphatic carbocycles. The summed E-state index contributed by atoms with van der Waals surface area (Å²) in [6.07, 6.45) is 2.66. The Labute approximate surface area is 90.4 Å².